The third-order valence-electron chi connectivity index (χ3n) is 8.84. The van der Waals surface area contributed by atoms with E-state index in [1.807, 2.05) is 36.4 Å². The van der Waals surface area contributed by atoms with E-state index >= 15 is 0 Å². The predicted octanol–water partition coefficient (Wildman–Crippen LogP) is 7.13. The summed E-state index contributed by atoms with van der Waals surface area (Å²) >= 11 is 0. The van der Waals surface area contributed by atoms with Crippen LogP contribution in [0, 0.1) is 5.92 Å². The van der Waals surface area contributed by atoms with Crippen molar-refractivity contribution in [1.82, 2.24) is 15.5 Å². The Hall–Kier alpha value is -5.92. The second-order valence-corrected chi connectivity index (χ2v) is 17.6. The van der Waals surface area contributed by atoms with Gasteiger partial charge in [0.15, 0.2) is 12.1 Å². The number of fused-ring (bicyclic) bond motifs is 1. The van der Waals surface area contributed by atoms with Crippen molar-refractivity contribution in [1.29, 1.82) is 0 Å². The van der Waals surface area contributed by atoms with E-state index in [9.17, 15) is 28.8 Å². The Balaban J connectivity index is 1.44. The van der Waals surface area contributed by atoms with Gasteiger partial charge in [-0.15, -0.1) is 0 Å². The predicted molar refractivity (Wildman–Crippen MR) is 222 cm³/mol. The molecule has 0 aliphatic heterocycles. The Labute approximate surface area is 346 Å². The number of esters is 2. The van der Waals surface area contributed by atoms with Crippen LogP contribution in [0.1, 0.15) is 103 Å². The summed E-state index contributed by atoms with van der Waals surface area (Å²) in [5.41, 5.74) is 1.07. The summed E-state index contributed by atoms with van der Waals surface area (Å²) in [7, 11) is 0. The number of carbonyl (C=O) groups excluding carboxylic acids is 6. The van der Waals surface area contributed by atoms with E-state index < -0.39 is 59.2 Å². The van der Waals surface area contributed by atoms with Crippen LogP contribution in [0.25, 0.3) is 0 Å². The number of nitrogens with one attached hydrogen (secondary N) is 3. The Morgan fingerprint density at radius 2 is 1.31 bits per heavy atom. The molecule has 0 saturated carbocycles. The second kappa shape index (κ2) is 19.2. The molecule has 0 fully saturated rings. The van der Waals surface area contributed by atoms with Gasteiger partial charge in [0.05, 0.1) is 11.6 Å². The molecule has 3 aromatic rings. The van der Waals surface area contributed by atoms with Crippen LogP contribution in [-0.4, -0.2) is 76.4 Å². The van der Waals surface area contributed by atoms with Crippen LogP contribution in [0.2, 0.25) is 0 Å². The number of hydrogen-bond acceptors (Lipinski definition) is 11. The maximum absolute atomic E-state index is 14.2. The zero-order valence-electron chi connectivity index (χ0n) is 35.7. The normalized spacial score (nSPS) is 14.5. The van der Waals surface area contributed by atoms with Crippen molar-refractivity contribution in [2.24, 2.45) is 5.92 Å². The van der Waals surface area contributed by atoms with E-state index in [-0.39, 0.29) is 30.2 Å². The zero-order valence-corrected chi connectivity index (χ0v) is 35.7. The van der Waals surface area contributed by atoms with Crippen molar-refractivity contribution in [2.45, 2.75) is 124 Å². The number of amides is 3. The largest absolute Gasteiger partial charge is 0.459 e. The van der Waals surface area contributed by atoms with Gasteiger partial charge in [-0.2, -0.15) is 0 Å². The highest BCUT2D eigenvalue weighted by atomic mass is 16.6. The molecule has 1 aliphatic carbocycles. The second-order valence-electron chi connectivity index (χ2n) is 17.6. The van der Waals surface area contributed by atoms with E-state index in [4.69, 9.17) is 18.9 Å². The number of ketones is 1. The quantitative estimate of drug-likeness (QED) is 0.0692. The minimum Gasteiger partial charge on any atom is -0.459 e. The minimum absolute atomic E-state index is 0.228. The molecule has 4 rings (SSSR count). The molecule has 3 amide bonds. The molecule has 0 radical (unpaired) electrons. The average Bonchev–Trinajstić information content (AvgIpc) is 3.10. The van der Waals surface area contributed by atoms with Gasteiger partial charge in [-0.3, -0.25) is 25.0 Å². The van der Waals surface area contributed by atoms with E-state index in [0.717, 1.165) is 16.7 Å². The number of benzene rings is 3. The fourth-order valence-corrected chi connectivity index (χ4v) is 6.40. The summed E-state index contributed by atoms with van der Waals surface area (Å²) in [6, 6.07) is 20.0. The minimum atomic E-state index is -1.12. The lowest BCUT2D eigenvalue weighted by atomic mass is 9.82. The smallest absolute Gasteiger partial charge is 0.410 e. The van der Waals surface area contributed by atoms with Gasteiger partial charge < -0.3 is 29.2 Å². The average molecular weight is 815 g/mol. The molecule has 0 aromatic heterocycles. The first-order valence-corrected chi connectivity index (χ1v) is 19.7. The van der Waals surface area contributed by atoms with Gasteiger partial charge in [-0.25, -0.2) is 14.4 Å². The summed E-state index contributed by atoms with van der Waals surface area (Å²) in [5.74, 6) is -1.88. The van der Waals surface area contributed by atoms with Gasteiger partial charge >= 0.3 is 24.1 Å². The Kier molecular flexibility index (Phi) is 14.9. The fourth-order valence-electron chi connectivity index (χ4n) is 6.40. The van der Waals surface area contributed by atoms with Crippen molar-refractivity contribution in [2.75, 3.05) is 11.9 Å². The van der Waals surface area contributed by atoms with Gasteiger partial charge in [-0.05, 0) is 148 Å². The van der Waals surface area contributed by atoms with Crippen molar-refractivity contribution in [3.8, 4) is 5.75 Å². The number of rotatable bonds is 13. The van der Waals surface area contributed by atoms with Crippen molar-refractivity contribution < 1.29 is 47.7 Å². The molecule has 14 nitrogen and oxygen atoms in total. The number of ether oxygens (including phenoxy) is 4. The van der Waals surface area contributed by atoms with Crippen LogP contribution in [-0.2, 0) is 47.9 Å². The Bertz CT molecular complexity index is 1950. The molecular formula is C45H58N4O10. The van der Waals surface area contributed by atoms with Gasteiger partial charge in [0.2, 0.25) is 5.91 Å². The van der Waals surface area contributed by atoms with E-state index in [0.29, 0.717) is 30.7 Å². The molecule has 3 N–H and O–H groups in total. The molecule has 318 valence electrons. The molecule has 1 aliphatic rings. The van der Waals surface area contributed by atoms with E-state index in [1.54, 1.807) is 86.6 Å². The number of hydrogen-bond donors (Lipinski definition) is 3. The van der Waals surface area contributed by atoms with Crippen LogP contribution >= 0.6 is 0 Å². The lowest BCUT2D eigenvalue weighted by molar-refractivity contribution is -0.161. The number of carbonyl (C=O) groups is 6. The number of aryl methyl sites for hydroxylation is 1. The van der Waals surface area contributed by atoms with Crippen LogP contribution in [0.4, 0.5) is 15.3 Å². The van der Waals surface area contributed by atoms with Crippen molar-refractivity contribution in [3.63, 3.8) is 0 Å². The summed E-state index contributed by atoms with van der Waals surface area (Å²) in [6.45, 7) is 16.6. The topological polar surface area (TPSA) is 179 Å². The molecule has 3 aromatic carbocycles. The third-order valence-corrected chi connectivity index (χ3v) is 8.84. The van der Waals surface area contributed by atoms with Crippen LogP contribution in [0.5, 0.6) is 5.75 Å². The maximum Gasteiger partial charge on any atom is 0.410 e. The van der Waals surface area contributed by atoms with E-state index in [2.05, 4.69) is 16.0 Å². The highest BCUT2D eigenvalue weighted by Crippen LogP contribution is 2.31. The maximum atomic E-state index is 14.2. The SMILES string of the molecule is CC(=O)[C@H](Cc1ccccc1)N(CC(=O)OC(C)(C)C)C(=O)C1CCc2cc(OC(=O)c3ccc(NC(NC(=O)OC(C)(C)C)NC(=O)OC(C)(C)C)cc3)ccc2C1. The van der Waals surface area contributed by atoms with E-state index in [1.165, 1.54) is 24.0 Å². The molecule has 0 spiro atoms. The number of Topliss-reactive ketones (excluding diaryl/α,β-unsaturated/α-hetero) is 1. The zero-order chi connectivity index (χ0) is 43.7. The molecule has 0 heterocycles. The van der Waals surface area contributed by atoms with Gasteiger partial charge in [-0.1, -0.05) is 36.4 Å². The summed E-state index contributed by atoms with van der Waals surface area (Å²) in [5, 5.41) is 8.08. The van der Waals surface area contributed by atoms with Gasteiger partial charge in [0, 0.05) is 11.6 Å². The van der Waals surface area contributed by atoms with Gasteiger partial charge in [0.1, 0.15) is 29.1 Å². The molecule has 0 saturated heterocycles. The number of anilines is 1. The Morgan fingerprint density at radius 1 is 0.729 bits per heavy atom. The first kappa shape index (κ1) is 45.8. The highest BCUT2D eigenvalue weighted by molar-refractivity contribution is 5.92. The van der Waals surface area contributed by atoms with Crippen molar-refractivity contribution >= 4 is 41.5 Å². The highest BCUT2D eigenvalue weighted by Gasteiger charge is 2.36. The first-order valence-electron chi connectivity index (χ1n) is 19.7. The number of alkyl carbamates (subject to hydrolysis) is 2. The molecule has 2 atom stereocenters. The summed E-state index contributed by atoms with van der Waals surface area (Å²) < 4.78 is 21.9. The van der Waals surface area contributed by atoms with Crippen molar-refractivity contribution in [3.05, 3.63) is 95.1 Å². The fraction of sp³-hybridized carbons (Fsp3) is 0.467. The lowest BCUT2D eigenvalue weighted by Gasteiger charge is -2.35. The first-order chi connectivity index (χ1) is 27.4. The molecule has 59 heavy (non-hydrogen) atoms. The van der Waals surface area contributed by atoms with Crippen LogP contribution in [0.3, 0.4) is 0 Å². The van der Waals surface area contributed by atoms with Crippen LogP contribution < -0.4 is 20.7 Å². The monoisotopic (exact) mass is 814 g/mol. The molecule has 14 heteroatoms. The third kappa shape index (κ3) is 15.1. The summed E-state index contributed by atoms with van der Waals surface area (Å²) in [4.78, 5) is 80.0. The molecule has 1 unspecified atom stereocenters. The number of nitrogens with zero attached hydrogens (tertiary/aromatic N) is 1. The molecular weight excluding hydrogens is 757 g/mol. The Morgan fingerprint density at radius 3 is 1.85 bits per heavy atom. The lowest BCUT2D eigenvalue weighted by Crippen LogP contribution is -2.54. The standard InChI is InChI=1S/C45H58N4O10/c1-28(50)36(24-29-14-12-11-13-15-29)49(27-37(51)57-43(2,3)4)38(52)33-17-16-32-26-35(23-20-31(32)25-33)56-39(53)30-18-21-34(22-19-30)46-40(47-41(54)58-44(5,6)7)48-42(55)59-45(8,9)10/h11-15,18-23,26,33,36,40,46H,16-17,24-25,27H2,1-10H3,(H,47,54)(H,48,55)/t33?,36-/m0/s1. The van der Waals surface area contributed by atoms with Crippen LogP contribution in [0.15, 0.2) is 72.8 Å². The summed E-state index contributed by atoms with van der Waals surface area (Å²) in [6.07, 6.45) is -1.07. The van der Waals surface area contributed by atoms with Gasteiger partial charge in [0.25, 0.3) is 0 Å². The molecule has 0 bridgehead atoms.